The van der Waals surface area contributed by atoms with E-state index in [1.807, 2.05) is 0 Å². The minimum absolute atomic E-state index is 0.0548. The summed E-state index contributed by atoms with van der Waals surface area (Å²) in [7, 11) is 1.34. The number of rotatable bonds is 3. The van der Waals surface area contributed by atoms with Gasteiger partial charge >= 0.3 is 0 Å². The maximum absolute atomic E-state index is 11.9. The molecule has 1 fully saturated rings. The van der Waals surface area contributed by atoms with Gasteiger partial charge < -0.3 is 25.4 Å². The van der Waals surface area contributed by atoms with Gasteiger partial charge in [0.2, 0.25) is 11.7 Å². The fourth-order valence-electron chi connectivity index (χ4n) is 2.99. The van der Waals surface area contributed by atoms with E-state index in [4.69, 9.17) is 15.2 Å². The largest absolute Gasteiger partial charge is 0.391 e. The van der Waals surface area contributed by atoms with Crippen molar-refractivity contribution in [1.29, 1.82) is 0 Å². The lowest BCUT2D eigenvalue weighted by Gasteiger charge is -2.31. The predicted octanol–water partition coefficient (Wildman–Crippen LogP) is -1.05. The summed E-state index contributed by atoms with van der Waals surface area (Å²) in [6.45, 7) is 2.97. The van der Waals surface area contributed by atoms with Gasteiger partial charge in [-0.1, -0.05) is 13.8 Å². The number of nitrogen functional groups attached to an aromatic ring is 1. The topological polar surface area (TPSA) is 149 Å². The first-order chi connectivity index (χ1) is 10.8. The van der Waals surface area contributed by atoms with E-state index < -0.39 is 35.7 Å². The van der Waals surface area contributed by atoms with Crippen LogP contribution in [0.4, 0.5) is 5.95 Å². The number of nitrogens with two attached hydrogens (primary N) is 1. The molecule has 0 aromatic carbocycles. The number of aromatic nitrogens is 4. The van der Waals surface area contributed by atoms with Crippen molar-refractivity contribution in [1.82, 2.24) is 19.5 Å². The Morgan fingerprint density at radius 2 is 2.26 bits per heavy atom. The van der Waals surface area contributed by atoms with Gasteiger partial charge in [-0.2, -0.15) is 4.98 Å². The maximum atomic E-state index is 11.9. The van der Waals surface area contributed by atoms with E-state index in [0.29, 0.717) is 0 Å². The van der Waals surface area contributed by atoms with Gasteiger partial charge in [-0.25, -0.2) is 4.98 Å². The number of ether oxygens (including phenoxy) is 2. The minimum atomic E-state index is -1.57. The number of hydrogen-bond donors (Lipinski definition) is 4. The molecule has 1 aliphatic heterocycles. The van der Waals surface area contributed by atoms with E-state index in [1.54, 1.807) is 13.8 Å². The SMILES string of the molecule is CO[C@@]1(CO)O[C@@H](n2cnc3c(=O)[nH]c(N)nc32)C(C)(C)[C@@H]1O. The normalized spacial score (nSPS) is 30.1. The Morgan fingerprint density at radius 1 is 1.57 bits per heavy atom. The van der Waals surface area contributed by atoms with Crippen LogP contribution < -0.4 is 11.3 Å². The fourth-order valence-corrected chi connectivity index (χ4v) is 2.99. The molecule has 2 aromatic heterocycles. The Labute approximate surface area is 130 Å². The number of methoxy groups -OCH3 is 1. The van der Waals surface area contributed by atoms with Gasteiger partial charge in [0, 0.05) is 12.5 Å². The van der Waals surface area contributed by atoms with Crippen LogP contribution in [0.15, 0.2) is 11.1 Å². The van der Waals surface area contributed by atoms with E-state index in [-0.39, 0.29) is 17.1 Å². The van der Waals surface area contributed by atoms with Crippen LogP contribution in [0, 0.1) is 5.41 Å². The number of H-pyrrole nitrogens is 1. The molecular formula is C13H19N5O5. The number of aliphatic hydroxyl groups is 2. The molecule has 126 valence electrons. The number of nitrogens with one attached hydrogen (secondary N) is 1. The number of imidazole rings is 1. The van der Waals surface area contributed by atoms with Crippen LogP contribution in [-0.2, 0) is 9.47 Å². The van der Waals surface area contributed by atoms with Gasteiger partial charge in [0.25, 0.3) is 5.56 Å². The number of anilines is 1. The Balaban J connectivity index is 2.17. The second-order valence-electron chi connectivity index (χ2n) is 6.14. The van der Waals surface area contributed by atoms with Crippen LogP contribution in [0.2, 0.25) is 0 Å². The van der Waals surface area contributed by atoms with Gasteiger partial charge in [0.05, 0.1) is 12.9 Å². The molecule has 10 heteroatoms. The van der Waals surface area contributed by atoms with E-state index in [9.17, 15) is 15.0 Å². The molecule has 0 unspecified atom stereocenters. The second-order valence-corrected chi connectivity index (χ2v) is 6.14. The molecule has 1 aliphatic rings. The van der Waals surface area contributed by atoms with Gasteiger partial charge in [-0.05, 0) is 0 Å². The predicted molar refractivity (Wildman–Crippen MR) is 79.3 cm³/mol. The molecular weight excluding hydrogens is 306 g/mol. The Hall–Kier alpha value is -2.01. The van der Waals surface area contributed by atoms with Crippen LogP contribution in [0.25, 0.3) is 11.2 Å². The van der Waals surface area contributed by atoms with Gasteiger partial charge in [-0.3, -0.25) is 14.3 Å². The summed E-state index contributed by atoms with van der Waals surface area (Å²) in [5.74, 6) is -1.63. The number of aliphatic hydroxyl groups excluding tert-OH is 2. The number of nitrogens with zero attached hydrogens (tertiary/aromatic N) is 3. The average Bonchev–Trinajstić information content (AvgIpc) is 2.99. The third-order valence-corrected chi connectivity index (χ3v) is 4.34. The summed E-state index contributed by atoms with van der Waals surface area (Å²) < 4.78 is 12.5. The number of aromatic amines is 1. The fraction of sp³-hybridized carbons (Fsp3) is 0.615. The van der Waals surface area contributed by atoms with Crippen LogP contribution in [0.5, 0.6) is 0 Å². The smallest absolute Gasteiger partial charge is 0.280 e. The van der Waals surface area contributed by atoms with Crippen molar-refractivity contribution in [2.24, 2.45) is 5.41 Å². The Kier molecular flexibility index (Phi) is 3.45. The summed E-state index contributed by atoms with van der Waals surface area (Å²) in [4.78, 5) is 22.4. The lowest BCUT2D eigenvalue weighted by molar-refractivity contribution is -0.269. The van der Waals surface area contributed by atoms with Gasteiger partial charge in [-0.15, -0.1) is 0 Å². The lowest BCUT2D eigenvalue weighted by atomic mass is 9.83. The Morgan fingerprint density at radius 3 is 2.83 bits per heavy atom. The minimum Gasteiger partial charge on any atom is -0.391 e. The highest BCUT2D eigenvalue weighted by molar-refractivity contribution is 5.70. The van der Waals surface area contributed by atoms with Crippen molar-refractivity contribution in [2.75, 3.05) is 19.5 Å². The molecule has 0 amide bonds. The van der Waals surface area contributed by atoms with Crippen molar-refractivity contribution < 1.29 is 19.7 Å². The summed E-state index contributed by atoms with van der Waals surface area (Å²) in [5.41, 5.74) is 4.59. The standard InChI is InChI=1S/C13H19N5O5/c1-12(2)9(21)13(4-19,22-3)23-10(12)18-5-15-6-7(18)16-11(14)17-8(6)20/h5,9-10,19,21H,4H2,1-3H3,(H3,14,16,17,20)/t9-,10+,13-/m0/s1. The highest BCUT2D eigenvalue weighted by Crippen LogP contribution is 2.50. The first kappa shape index (κ1) is 15.9. The zero-order valence-electron chi connectivity index (χ0n) is 13.0. The maximum Gasteiger partial charge on any atom is 0.280 e. The van der Waals surface area contributed by atoms with Gasteiger partial charge in [0.1, 0.15) is 12.3 Å². The highest BCUT2D eigenvalue weighted by atomic mass is 16.7. The molecule has 1 saturated heterocycles. The van der Waals surface area contributed by atoms with Crippen LogP contribution in [0.1, 0.15) is 20.1 Å². The number of fused-ring (bicyclic) bond motifs is 1. The van der Waals surface area contributed by atoms with E-state index in [0.717, 1.165) is 0 Å². The molecule has 0 saturated carbocycles. The summed E-state index contributed by atoms with van der Waals surface area (Å²) in [6.07, 6.45) is -0.510. The molecule has 2 aromatic rings. The van der Waals surface area contributed by atoms with Crippen molar-refractivity contribution in [3.05, 3.63) is 16.7 Å². The van der Waals surface area contributed by atoms with Gasteiger partial charge in [0.15, 0.2) is 11.2 Å². The van der Waals surface area contributed by atoms with Crippen molar-refractivity contribution >= 4 is 17.1 Å². The first-order valence-electron chi connectivity index (χ1n) is 7.01. The zero-order chi connectivity index (χ0) is 17.0. The van der Waals surface area contributed by atoms with Crippen molar-refractivity contribution in [2.45, 2.75) is 32.0 Å². The summed E-state index contributed by atoms with van der Waals surface area (Å²) >= 11 is 0. The monoisotopic (exact) mass is 325 g/mol. The van der Waals surface area contributed by atoms with Crippen molar-refractivity contribution in [3.63, 3.8) is 0 Å². The molecule has 10 nitrogen and oxygen atoms in total. The molecule has 5 N–H and O–H groups in total. The molecule has 3 heterocycles. The molecule has 0 spiro atoms. The van der Waals surface area contributed by atoms with E-state index in [1.165, 1.54) is 18.0 Å². The summed E-state index contributed by atoms with van der Waals surface area (Å²) in [6, 6.07) is 0. The van der Waals surface area contributed by atoms with Crippen LogP contribution in [0.3, 0.4) is 0 Å². The molecule has 23 heavy (non-hydrogen) atoms. The second kappa shape index (κ2) is 4.99. The quantitative estimate of drug-likeness (QED) is 0.559. The van der Waals surface area contributed by atoms with E-state index in [2.05, 4.69) is 15.0 Å². The third-order valence-electron chi connectivity index (χ3n) is 4.34. The molecule has 0 radical (unpaired) electrons. The Bertz CT molecular complexity index is 794. The highest BCUT2D eigenvalue weighted by Gasteiger charge is 2.60. The zero-order valence-corrected chi connectivity index (χ0v) is 13.0. The molecule has 0 aliphatic carbocycles. The molecule has 0 bridgehead atoms. The average molecular weight is 325 g/mol. The van der Waals surface area contributed by atoms with Crippen LogP contribution in [-0.4, -0.2) is 55.3 Å². The molecule has 3 rings (SSSR count). The number of hydrogen-bond acceptors (Lipinski definition) is 8. The van der Waals surface area contributed by atoms with Crippen LogP contribution >= 0.6 is 0 Å². The first-order valence-corrected chi connectivity index (χ1v) is 7.01. The summed E-state index contributed by atoms with van der Waals surface area (Å²) in [5, 5.41) is 20.2. The van der Waals surface area contributed by atoms with Crippen molar-refractivity contribution in [3.8, 4) is 0 Å². The molecule has 3 atom stereocenters. The van der Waals surface area contributed by atoms with E-state index >= 15 is 0 Å². The lowest BCUT2D eigenvalue weighted by Crippen LogP contribution is -2.48. The third kappa shape index (κ3) is 2.06.